The highest BCUT2D eigenvalue weighted by atomic mass is 32.2. The highest BCUT2D eigenvalue weighted by molar-refractivity contribution is 8.02. The lowest BCUT2D eigenvalue weighted by Gasteiger charge is -2.39. The number of hydrogen-bond acceptors (Lipinski definition) is 5. The van der Waals surface area contributed by atoms with Crippen molar-refractivity contribution in [3.05, 3.63) is 55.6 Å². The number of unbranched alkanes of at least 4 members (excludes halogenated alkanes) is 1. The number of anilines is 1. The van der Waals surface area contributed by atoms with E-state index >= 15 is 0 Å². The zero-order valence-corrected chi connectivity index (χ0v) is 25.1. The molecule has 8 heteroatoms. The Labute approximate surface area is 243 Å². The van der Waals surface area contributed by atoms with Crippen molar-refractivity contribution >= 4 is 35.2 Å². The molecule has 0 saturated carbocycles. The summed E-state index contributed by atoms with van der Waals surface area (Å²) in [6.07, 6.45) is 7.93. The van der Waals surface area contributed by atoms with Crippen LogP contribution in [0.1, 0.15) is 59.3 Å². The van der Waals surface area contributed by atoms with Crippen LogP contribution in [0.5, 0.6) is 0 Å². The van der Waals surface area contributed by atoms with Gasteiger partial charge in [-0.15, -0.1) is 24.9 Å². The van der Waals surface area contributed by atoms with Crippen molar-refractivity contribution in [1.29, 1.82) is 0 Å². The van der Waals surface area contributed by atoms with E-state index in [1.54, 1.807) is 33.7 Å². The smallest absolute Gasteiger partial charge is 0.247 e. The van der Waals surface area contributed by atoms with Gasteiger partial charge in [-0.25, -0.2) is 0 Å². The van der Waals surface area contributed by atoms with E-state index in [0.29, 0.717) is 32.5 Å². The molecule has 0 aliphatic carbocycles. The summed E-state index contributed by atoms with van der Waals surface area (Å²) in [6, 6.07) is 8.91. The number of para-hydroxylation sites is 1. The molecule has 4 rings (SSSR count). The zero-order valence-electron chi connectivity index (χ0n) is 24.3. The molecule has 3 amide bonds. The number of aliphatic hydroxyl groups excluding tert-OH is 1. The van der Waals surface area contributed by atoms with Crippen LogP contribution >= 0.6 is 11.8 Å². The Hall–Kier alpha value is -2.58. The minimum absolute atomic E-state index is 0.0122. The van der Waals surface area contributed by atoms with Gasteiger partial charge >= 0.3 is 0 Å². The second-order valence-corrected chi connectivity index (χ2v) is 13.6. The number of thioether (sulfide) groups is 1. The Morgan fingerprint density at radius 3 is 2.48 bits per heavy atom. The molecule has 1 spiro atoms. The Morgan fingerprint density at radius 1 is 1.15 bits per heavy atom. The van der Waals surface area contributed by atoms with Crippen molar-refractivity contribution in [1.82, 2.24) is 9.80 Å². The van der Waals surface area contributed by atoms with E-state index in [1.807, 2.05) is 35.2 Å². The van der Waals surface area contributed by atoms with E-state index in [2.05, 4.69) is 33.9 Å². The summed E-state index contributed by atoms with van der Waals surface area (Å²) in [6.45, 7) is 15.3. The van der Waals surface area contributed by atoms with Crippen LogP contribution in [0.2, 0.25) is 0 Å². The topological polar surface area (TPSA) is 81.2 Å². The Bertz CT molecular complexity index is 1110. The van der Waals surface area contributed by atoms with Gasteiger partial charge in [-0.1, -0.05) is 43.7 Å². The van der Waals surface area contributed by atoms with Crippen LogP contribution in [-0.2, 0) is 14.4 Å². The van der Waals surface area contributed by atoms with Gasteiger partial charge in [-0.2, -0.15) is 0 Å². The molecule has 3 unspecified atom stereocenters. The summed E-state index contributed by atoms with van der Waals surface area (Å²) < 4.78 is -1.11. The number of likely N-dealkylation sites (tertiary alicyclic amines) is 1. The summed E-state index contributed by atoms with van der Waals surface area (Å²) in [4.78, 5) is 48.7. The second-order valence-electron chi connectivity index (χ2n) is 11.7. The minimum atomic E-state index is -0.662. The van der Waals surface area contributed by atoms with Gasteiger partial charge in [-0.3, -0.25) is 14.4 Å². The molecule has 40 heavy (non-hydrogen) atoms. The number of fused-ring (bicyclic) bond motifs is 1. The van der Waals surface area contributed by atoms with Crippen LogP contribution in [0.25, 0.3) is 0 Å². The van der Waals surface area contributed by atoms with E-state index in [9.17, 15) is 19.5 Å². The quantitative estimate of drug-likeness (QED) is 0.261. The summed E-state index contributed by atoms with van der Waals surface area (Å²) in [5, 5.41) is 9.45. The third-order valence-corrected chi connectivity index (χ3v) is 11.1. The highest BCUT2D eigenvalue weighted by Crippen LogP contribution is 2.71. The second kappa shape index (κ2) is 12.5. The summed E-state index contributed by atoms with van der Waals surface area (Å²) in [5.41, 5.74) is 0.779. The maximum Gasteiger partial charge on any atom is 0.247 e. The predicted molar refractivity (Wildman–Crippen MR) is 162 cm³/mol. The number of benzene rings is 1. The molecular weight excluding hydrogens is 522 g/mol. The van der Waals surface area contributed by atoms with Crippen molar-refractivity contribution in [2.45, 2.75) is 80.9 Å². The molecular formula is C32H45N3O4S. The summed E-state index contributed by atoms with van der Waals surface area (Å²) in [7, 11) is 0. The molecule has 218 valence electrons. The lowest BCUT2D eigenvalue weighted by molar-refractivity contribution is -0.144. The first-order valence-electron chi connectivity index (χ1n) is 14.7. The van der Waals surface area contributed by atoms with Crippen LogP contribution in [-0.4, -0.2) is 80.4 Å². The number of hydrogen-bond donors (Lipinski definition) is 1. The molecule has 3 aliphatic rings. The maximum atomic E-state index is 14.5. The minimum Gasteiger partial charge on any atom is -0.396 e. The average Bonchev–Trinajstić information content (AvgIpc) is 3.51. The van der Waals surface area contributed by atoms with E-state index in [-0.39, 0.29) is 30.4 Å². The maximum absolute atomic E-state index is 14.5. The number of aliphatic hydroxyl groups is 1. The lowest BCUT2D eigenvalue weighted by Crippen LogP contribution is -2.56. The van der Waals surface area contributed by atoms with Crippen LogP contribution < -0.4 is 4.90 Å². The number of carbonyl (C=O) groups is 3. The molecule has 7 nitrogen and oxygen atoms in total. The monoisotopic (exact) mass is 567 g/mol. The van der Waals surface area contributed by atoms with Crippen molar-refractivity contribution in [2.75, 3.05) is 31.1 Å². The molecule has 3 aliphatic heterocycles. The van der Waals surface area contributed by atoms with Gasteiger partial charge in [0.15, 0.2) is 0 Å². The van der Waals surface area contributed by atoms with Gasteiger partial charge in [0.25, 0.3) is 0 Å². The van der Waals surface area contributed by atoms with Crippen molar-refractivity contribution in [3.63, 3.8) is 0 Å². The third kappa shape index (κ3) is 5.13. The molecule has 3 saturated heterocycles. The molecule has 2 bridgehead atoms. The van der Waals surface area contributed by atoms with E-state index in [1.165, 1.54) is 0 Å². The number of carbonyl (C=O) groups excluding carboxylic acids is 3. The average molecular weight is 568 g/mol. The van der Waals surface area contributed by atoms with E-state index < -0.39 is 27.4 Å². The Balaban J connectivity index is 1.77. The van der Waals surface area contributed by atoms with Gasteiger partial charge in [0.1, 0.15) is 6.04 Å². The first kappa shape index (κ1) is 30.4. The number of rotatable bonds is 14. The standard InChI is InChI=1S/C32H45N3O4S/c1-6-14-23(4)33(19-7-2)30(39)27-32-18-17-31(5,40-32)25(26(32)29(38)35(27)21-12-13-22-36)28(37)34(20-8-3)24-15-10-9-11-16-24/h7-11,15-16,23,25-27,36H,2-3,6,12-14,17-22H2,1,4-5H3/t23?,25-,26-,27?,31+,32?/m0/s1. The van der Waals surface area contributed by atoms with Crippen molar-refractivity contribution in [3.8, 4) is 0 Å². The highest BCUT2D eigenvalue weighted by Gasteiger charge is 2.77. The molecule has 3 fully saturated rings. The molecule has 1 aromatic rings. The van der Waals surface area contributed by atoms with Gasteiger partial charge < -0.3 is 19.8 Å². The third-order valence-electron chi connectivity index (χ3n) is 9.08. The summed E-state index contributed by atoms with van der Waals surface area (Å²) in [5.74, 6) is -1.34. The fourth-order valence-electron chi connectivity index (χ4n) is 7.30. The normalized spacial score (nSPS) is 29.2. The van der Waals surface area contributed by atoms with Crippen LogP contribution in [0, 0.1) is 11.8 Å². The fraction of sp³-hybridized carbons (Fsp3) is 0.594. The fourth-order valence-corrected chi connectivity index (χ4v) is 9.64. The molecule has 6 atom stereocenters. The summed E-state index contributed by atoms with van der Waals surface area (Å²) >= 11 is 1.70. The molecule has 1 N–H and O–H groups in total. The van der Waals surface area contributed by atoms with Gasteiger partial charge in [0.2, 0.25) is 17.7 Å². The Morgan fingerprint density at radius 2 is 1.85 bits per heavy atom. The van der Waals surface area contributed by atoms with Gasteiger partial charge in [0, 0.05) is 42.7 Å². The van der Waals surface area contributed by atoms with Crippen LogP contribution in [0.15, 0.2) is 55.6 Å². The van der Waals surface area contributed by atoms with E-state index in [4.69, 9.17) is 0 Å². The van der Waals surface area contributed by atoms with Crippen LogP contribution in [0.3, 0.4) is 0 Å². The van der Waals surface area contributed by atoms with Crippen LogP contribution in [0.4, 0.5) is 5.69 Å². The predicted octanol–water partition coefficient (Wildman–Crippen LogP) is 4.66. The molecule has 1 aromatic carbocycles. The van der Waals surface area contributed by atoms with E-state index in [0.717, 1.165) is 31.4 Å². The number of amides is 3. The van der Waals surface area contributed by atoms with Crippen molar-refractivity contribution in [2.24, 2.45) is 11.8 Å². The Kier molecular flexibility index (Phi) is 9.51. The lowest BCUT2D eigenvalue weighted by atomic mass is 9.66. The van der Waals surface area contributed by atoms with Gasteiger partial charge in [0.05, 0.1) is 16.6 Å². The molecule has 0 radical (unpaired) electrons. The first-order chi connectivity index (χ1) is 19.2. The molecule has 0 aromatic heterocycles. The number of nitrogens with zero attached hydrogens (tertiary/aromatic N) is 3. The largest absolute Gasteiger partial charge is 0.396 e. The zero-order chi connectivity index (χ0) is 29.1. The SMILES string of the molecule is C=CCN(C(=O)[C@@H]1[C@H]2C(=O)N(CCCCO)C(C(=O)N(CC=C)C(C)CCC)C23CC[C@@]1(C)S3)c1ccccc1. The van der Waals surface area contributed by atoms with Crippen molar-refractivity contribution < 1.29 is 19.5 Å². The molecule has 3 heterocycles. The van der Waals surface area contributed by atoms with Gasteiger partial charge in [-0.05, 0) is 58.1 Å². The first-order valence-corrected chi connectivity index (χ1v) is 15.5.